The molecule has 3 nitrogen and oxygen atoms in total. The highest BCUT2D eigenvalue weighted by molar-refractivity contribution is 5.28. The van der Waals surface area contributed by atoms with Gasteiger partial charge in [0.1, 0.15) is 5.75 Å². The van der Waals surface area contributed by atoms with Crippen molar-refractivity contribution in [1.82, 2.24) is 4.90 Å². The normalized spacial score (nSPS) is 23.5. The maximum atomic E-state index is 6.13. The predicted octanol–water partition coefficient (Wildman–Crippen LogP) is 4.28. The van der Waals surface area contributed by atoms with Crippen molar-refractivity contribution in [3.8, 4) is 5.75 Å². The molecule has 124 valence electrons. The van der Waals surface area contributed by atoms with E-state index in [0.717, 1.165) is 24.8 Å². The van der Waals surface area contributed by atoms with Gasteiger partial charge in [0.2, 0.25) is 0 Å². The number of hydrogen-bond donors (Lipinski definition) is 0. The van der Waals surface area contributed by atoms with Crippen molar-refractivity contribution in [3.05, 3.63) is 29.8 Å². The van der Waals surface area contributed by atoms with Crippen molar-refractivity contribution in [3.63, 3.8) is 0 Å². The summed E-state index contributed by atoms with van der Waals surface area (Å²) < 4.78 is 11.3. The van der Waals surface area contributed by atoms with E-state index in [0.29, 0.717) is 12.1 Å². The molecule has 0 amide bonds. The van der Waals surface area contributed by atoms with E-state index in [4.69, 9.17) is 9.47 Å². The molecule has 0 aromatic heterocycles. The third-order valence-corrected chi connectivity index (χ3v) is 5.07. The van der Waals surface area contributed by atoms with Gasteiger partial charge < -0.3 is 9.47 Å². The minimum Gasteiger partial charge on any atom is -0.497 e. The minimum absolute atomic E-state index is 0.387. The molecule has 0 radical (unpaired) electrons. The Morgan fingerprint density at radius 3 is 2.50 bits per heavy atom. The average molecular weight is 305 g/mol. The van der Waals surface area contributed by atoms with Crippen LogP contribution in [0.2, 0.25) is 0 Å². The second-order valence-electron chi connectivity index (χ2n) is 6.60. The van der Waals surface area contributed by atoms with Crippen LogP contribution in [0, 0.1) is 5.92 Å². The largest absolute Gasteiger partial charge is 0.497 e. The molecule has 0 heterocycles. The van der Waals surface area contributed by atoms with Crippen LogP contribution in [0.4, 0.5) is 0 Å². The smallest absolute Gasteiger partial charge is 0.118 e. The highest BCUT2D eigenvalue weighted by Crippen LogP contribution is 2.26. The first-order valence-corrected chi connectivity index (χ1v) is 8.57. The van der Waals surface area contributed by atoms with E-state index in [2.05, 4.69) is 37.9 Å². The van der Waals surface area contributed by atoms with Crippen LogP contribution in [0.3, 0.4) is 0 Å². The zero-order chi connectivity index (χ0) is 15.9. The van der Waals surface area contributed by atoms with Gasteiger partial charge in [-0.2, -0.15) is 0 Å². The summed E-state index contributed by atoms with van der Waals surface area (Å²) >= 11 is 0. The lowest BCUT2D eigenvalue weighted by Gasteiger charge is -2.30. The number of ether oxygens (including phenoxy) is 2. The Bertz CT molecular complexity index is 432. The fourth-order valence-corrected chi connectivity index (χ4v) is 3.21. The van der Waals surface area contributed by atoms with Gasteiger partial charge in [-0.25, -0.2) is 0 Å². The molecule has 0 unspecified atom stereocenters. The zero-order valence-corrected chi connectivity index (χ0v) is 14.5. The van der Waals surface area contributed by atoms with Crippen LogP contribution in [0.5, 0.6) is 5.75 Å². The van der Waals surface area contributed by atoms with Gasteiger partial charge in [0.05, 0.1) is 19.8 Å². The molecule has 0 aliphatic heterocycles. The van der Waals surface area contributed by atoms with E-state index in [1.165, 1.54) is 31.2 Å². The van der Waals surface area contributed by atoms with Crippen LogP contribution in [0.15, 0.2) is 24.3 Å². The third kappa shape index (κ3) is 4.72. The Morgan fingerprint density at radius 1 is 1.18 bits per heavy atom. The van der Waals surface area contributed by atoms with Gasteiger partial charge in [0.25, 0.3) is 0 Å². The molecular formula is C19H31NO2. The Labute approximate surface area is 135 Å². The molecule has 2 rings (SSSR count). The summed E-state index contributed by atoms with van der Waals surface area (Å²) in [6.07, 6.45) is 5.72. The summed E-state index contributed by atoms with van der Waals surface area (Å²) in [7, 11) is 3.87. The van der Waals surface area contributed by atoms with Gasteiger partial charge in [-0.15, -0.1) is 0 Å². The highest BCUT2D eigenvalue weighted by Gasteiger charge is 2.22. The molecule has 1 aromatic rings. The molecule has 1 saturated carbocycles. The zero-order valence-electron chi connectivity index (χ0n) is 14.5. The van der Waals surface area contributed by atoms with Gasteiger partial charge in [-0.05, 0) is 50.4 Å². The quantitative estimate of drug-likeness (QED) is 0.750. The number of likely N-dealkylation sites (N-methyl/N-ethyl adjacent to an activating group) is 1. The van der Waals surface area contributed by atoms with Crippen molar-refractivity contribution >= 4 is 0 Å². The Hall–Kier alpha value is -1.06. The van der Waals surface area contributed by atoms with Gasteiger partial charge >= 0.3 is 0 Å². The first-order chi connectivity index (χ1) is 10.6. The molecule has 1 aromatic carbocycles. The summed E-state index contributed by atoms with van der Waals surface area (Å²) in [5.74, 6) is 1.63. The first-order valence-electron chi connectivity index (χ1n) is 8.57. The average Bonchev–Trinajstić information content (AvgIpc) is 2.56. The number of nitrogens with zero attached hydrogens (tertiary/aromatic N) is 1. The second-order valence-corrected chi connectivity index (χ2v) is 6.60. The summed E-state index contributed by atoms with van der Waals surface area (Å²) in [6, 6.07) is 8.73. The van der Waals surface area contributed by atoms with Crippen molar-refractivity contribution in [2.24, 2.45) is 5.92 Å². The highest BCUT2D eigenvalue weighted by atomic mass is 16.5. The van der Waals surface area contributed by atoms with Crippen LogP contribution >= 0.6 is 0 Å². The van der Waals surface area contributed by atoms with E-state index < -0.39 is 0 Å². The molecule has 0 bridgehead atoms. The van der Waals surface area contributed by atoms with Gasteiger partial charge in [-0.1, -0.05) is 31.9 Å². The monoisotopic (exact) mass is 305 g/mol. The standard InChI is InChI=1S/C19H31NO2/c1-15-7-5-6-8-19(15)22-14-13-20(3)16(2)17-9-11-18(21-4)12-10-17/h9-12,15-16,19H,5-8,13-14H2,1-4H3/t15-,16+,19+/m1/s1. The van der Waals surface area contributed by atoms with E-state index in [9.17, 15) is 0 Å². The summed E-state index contributed by atoms with van der Waals surface area (Å²) in [5, 5.41) is 0. The molecule has 1 aliphatic rings. The number of methoxy groups -OCH3 is 1. The Kier molecular flexibility index (Phi) is 6.71. The van der Waals surface area contributed by atoms with Crippen LogP contribution in [0.1, 0.15) is 51.1 Å². The minimum atomic E-state index is 0.387. The van der Waals surface area contributed by atoms with Gasteiger partial charge in [-0.3, -0.25) is 4.90 Å². The van der Waals surface area contributed by atoms with Gasteiger partial charge in [0, 0.05) is 12.6 Å². The van der Waals surface area contributed by atoms with Crippen LogP contribution in [-0.2, 0) is 4.74 Å². The SMILES string of the molecule is COc1ccc([C@H](C)N(C)CCO[C@H]2CCCC[C@H]2C)cc1. The fraction of sp³-hybridized carbons (Fsp3) is 0.684. The molecule has 0 spiro atoms. The second kappa shape index (κ2) is 8.54. The van der Waals surface area contributed by atoms with Crippen molar-refractivity contribution in [2.75, 3.05) is 27.3 Å². The number of rotatable bonds is 7. The molecule has 3 heteroatoms. The maximum Gasteiger partial charge on any atom is 0.118 e. The van der Waals surface area contributed by atoms with Crippen molar-refractivity contribution < 1.29 is 9.47 Å². The molecule has 22 heavy (non-hydrogen) atoms. The summed E-state index contributed by atoms with van der Waals surface area (Å²) in [6.45, 7) is 6.36. The Balaban J connectivity index is 1.76. The third-order valence-electron chi connectivity index (χ3n) is 5.07. The molecule has 1 aliphatic carbocycles. The Morgan fingerprint density at radius 2 is 1.86 bits per heavy atom. The number of hydrogen-bond acceptors (Lipinski definition) is 3. The first kappa shape index (κ1) is 17.3. The van der Waals surface area contributed by atoms with Crippen LogP contribution in [0.25, 0.3) is 0 Å². The van der Waals surface area contributed by atoms with Crippen molar-refractivity contribution in [1.29, 1.82) is 0 Å². The van der Waals surface area contributed by atoms with E-state index >= 15 is 0 Å². The lowest BCUT2D eigenvalue weighted by atomic mass is 9.88. The van der Waals surface area contributed by atoms with Crippen LogP contribution < -0.4 is 4.74 Å². The lowest BCUT2D eigenvalue weighted by Crippen LogP contribution is -2.31. The van der Waals surface area contributed by atoms with E-state index in [-0.39, 0.29) is 0 Å². The van der Waals surface area contributed by atoms with Crippen molar-refractivity contribution in [2.45, 2.75) is 51.7 Å². The number of benzene rings is 1. The fourth-order valence-electron chi connectivity index (χ4n) is 3.21. The maximum absolute atomic E-state index is 6.13. The molecule has 0 saturated heterocycles. The molecular weight excluding hydrogens is 274 g/mol. The van der Waals surface area contributed by atoms with Crippen LogP contribution in [-0.4, -0.2) is 38.3 Å². The van der Waals surface area contributed by atoms with E-state index in [1.54, 1.807) is 7.11 Å². The molecule has 0 N–H and O–H groups in total. The molecule has 1 fully saturated rings. The topological polar surface area (TPSA) is 21.7 Å². The summed E-state index contributed by atoms with van der Waals surface area (Å²) in [5.41, 5.74) is 1.31. The lowest BCUT2D eigenvalue weighted by molar-refractivity contribution is -0.0145. The summed E-state index contributed by atoms with van der Waals surface area (Å²) in [4.78, 5) is 2.36. The van der Waals surface area contributed by atoms with E-state index in [1.807, 2.05) is 12.1 Å². The predicted molar refractivity (Wildman–Crippen MR) is 91.4 cm³/mol. The molecule has 3 atom stereocenters. The van der Waals surface area contributed by atoms with Gasteiger partial charge in [0.15, 0.2) is 0 Å².